The molecule has 1 heteroatoms. The average molecular weight is 242 g/mol. The van der Waals surface area contributed by atoms with E-state index in [-0.39, 0.29) is 0 Å². The summed E-state index contributed by atoms with van der Waals surface area (Å²) in [6, 6.07) is 21.3. The predicted octanol–water partition coefficient (Wildman–Crippen LogP) is 5.33. The Hall–Kier alpha value is -2.54. The highest BCUT2D eigenvalue weighted by Crippen LogP contribution is 2.40. The van der Waals surface area contributed by atoms with E-state index < -0.39 is 0 Å². The fourth-order valence-corrected chi connectivity index (χ4v) is 3.16. The zero-order valence-electron chi connectivity index (χ0n) is 10.2. The van der Waals surface area contributed by atoms with Crippen LogP contribution in [0.15, 0.2) is 65.1 Å². The molecule has 0 N–H and O–H groups in total. The van der Waals surface area contributed by atoms with Crippen molar-refractivity contribution < 1.29 is 4.42 Å². The number of rotatable bonds is 0. The van der Waals surface area contributed by atoms with Crippen molar-refractivity contribution in [3.05, 3.63) is 60.7 Å². The molecule has 5 aromatic rings. The topological polar surface area (TPSA) is 13.1 Å². The Morgan fingerprint density at radius 3 is 2.47 bits per heavy atom. The van der Waals surface area contributed by atoms with Gasteiger partial charge in [0.1, 0.15) is 11.2 Å². The second-order valence-electron chi connectivity index (χ2n) is 5.05. The number of benzene rings is 4. The van der Waals surface area contributed by atoms with Crippen molar-refractivity contribution in [3.8, 4) is 0 Å². The standard InChI is InChI=1S/C18H10O/c1-2-6-14-12(4-1)10-13-9-8-11-5-3-7-15-16(11)17(13)18(14)19-15/h1-10H. The second kappa shape index (κ2) is 3.07. The first kappa shape index (κ1) is 9.40. The molecular formula is C18H10O. The Balaban J connectivity index is 2.26. The Labute approximate surface area is 109 Å². The monoisotopic (exact) mass is 242 g/mol. The summed E-state index contributed by atoms with van der Waals surface area (Å²) in [7, 11) is 0. The second-order valence-corrected chi connectivity index (χ2v) is 5.05. The van der Waals surface area contributed by atoms with E-state index in [0.29, 0.717) is 0 Å². The van der Waals surface area contributed by atoms with Gasteiger partial charge in [0.25, 0.3) is 0 Å². The minimum atomic E-state index is 0.981. The van der Waals surface area contributed by atoms with E-state index >= 15 is 0 Å². The van der Waals surface area contributed by atoms with Gasteiger partial charge in [-0.05, 0) is 28.3 Å². The van der Waals surface area contributed by atoms with Gasteiger partial charge in [0, 0.05) is 16.2 Å². The molecule has 0 unspecified atom stereocenters. The van der Waals surface area contributed by atoms with E-state index in [4.69, 9.17) is 4.42 Å². The maximum absolute atomic E-state index is 6.13. The van der Waals surface area contributed by atoms with Crippen LogP contribution in [0.4, 0.5) is 0 Å². The van der Waals surface area contributed by atoms with Crippen LogP contribution in [0.5, 0.6) is 0 Å². The van der Waals surface area contributed by atoms with Crippen LogP contribution in [0.1, 0.15) is 0 Å². The van der Waals surface area contributed by atoms with Crippen molar-refractivity contribution in [2.75, 3.05) is 0 Å². The van der Waals surface area contributed by atoms with Gasteiger partial charge < -0.3 is 4.42 Å². The van der Waals surface area contributed by atoms with E-state index in [1.807, 2.05) is 0 Å². The van der Waals surface area contributed by atoms with E-state index in [0.717, 1.165) is 11.2 Å². The van der Waals surface area contributed by atoms with Gasteiger partial charge in [0.05, 0.1) is 0 Å². The smallest absolute Gasteiger partial charge is 0.143 e. The summed E-state index contributed by atoms with van der Waals surface area (Å²) >= 11 is 0. The highest BCUT2D eigenvalue weighted by molar-refractivity contribution is 6.27. The van der Waals surface area contributed by atoms with Crippen LogP contribution in [0.25, 0.3) is 43.5 Å². The molecule has 0 amide bonds. The summed E-state index contributed by atoms with van der Waals surface area (Å²) in [4.78, 5) is 0. The van der Waals surface area contributed by atoms with Gasteiger partial charge in [-0.2, -0.15) is 0 Å². The number of hydrogen-bond acceptors (Lipinski definition) is 1. The molecule has 0 saturated carbocycles. The first-order valence-electron chi connectivity index (χ1n) is 6.47. The molecule has 88 valence electrons. The van der Waals surface area contributed by atoms with Gasteiger partial charge in [0.2, 0.25) is 0 Å². The predicted molar refractivity (Wildman–Crippen MR) is 79.9 cm³/mol. The maximum Gasteiger partial charge on any atom is 0.143 e. The highest BCUT2D eigenvalue weighted by atomic mass is 16.3. The number of hydrogen-bond donors (Lipinski definition) is 0. The van der Waals surface area contributed by atoms with Crippen LogP contribution < -0.4 is 0 Å². The van der Waals surface area contributed by atoms with Crippen LogP contribution in [0.2, 0.25) is 0 Å². The lowest BCUT2D eigenvalue weighted by Gasteiger charge is -2.03. The van der Waals surface area contributed by atoms with Gasteiger partial charge in [-0.25, -0.2) is 0 Å². The number of fused-ring (bicyclic) bond motifs is 2. The summed E-state index contributed by atoms with van der Waals surface area (Å²) in [6.07, 6.45) is 0. The molecule has 5 rings (SSSR count). The van der Waals surface area contributed by atoms with Gasteiger partial charge >= 0.3 is 0 Å². The van der Waals surface area contributed by atoms with Gasteiger partial charge in [-0.1, -0.05) is 48.5 Å². The maximum atomic E-state index is 6.13. The zero-order chi connectivity index (χ0) is 12.4. The molecule has 0 saturated heterocycles. The lowest BCUT2D eigenvalue weighted by atomic mass is 9.98. The Morgan fingerprint density at radius 1 is 0.632 bits per heavy atom. The molecule has 1 aromatic heterocycles. The summed E-state index contributed by atoms with van der Waals surface area (Å²) in [5.41, 5.74) is 1.99. The van der Waals surface area contributed by atoms with Gasteiger partial charge in [0.15, 0.2) is 0 Å². The molecule has 0 bridgehead atoms. The van der Waals surface area contributed by atoms with Crippen LogP contribution in [0.3, 0.4) is 0 Å². The summed E-state index contributed by atoms with van der Waals surface area (Å²) < 4.78 is 6.13. The van der Waals surface area contributed by atoms with Gasteiger partial charge in [-0.15, -0.1) is 0 Å². The Bertz CT molecular complexity index is 1050. The van der Waals surface area contributed by atoms with Crippen molar-refractivity contribution in [1.29, 1.82) is 0 Å². The van der Waals surface area contributed by atoms with Crippen LogP contribution in [0, 0.1) is 0 Å². The molecule has 4 aromatic carbocycles. The SMILES string of the molecule is c1ccc2c(c1)cc1ccc3cccc4oc2c1c34. The molecule has 0 aliphatic heterocycles. The largest absolute Gasteiger partial charge is 0.455 e. The lowest BCUT2D eigenvalue weighted by Crippen LogP contribution is -1.78. The first-order chi connectivity index (χ1) is 9.42. The van der Waals surface area contributed by atoms with Gasteiger partial charge in [-0.3, -0.25) is 0 Å². The lowest BCUT2D eigenvalue weighted by molar-refractivity contribution is 0.673. The molecule has 0 radical (unpaired) electrons. The minimum Gasteiger partial charge on any atom is -0.455 e. The molecule has 0 fully saturated rings. The fourth-order valence-electron chi connectivity index (χ4n) is 3.16. The number of furan rings is 1. The third kappa shape index (κ3) is 1.06. The van der Waals surface area contributed by atoms with Crippen molar-refractivity contribution in [3.63, 3.8) is 0 Å². The first-order valence-corrected chi connectivity index (χ1v) is 6.47. The third-order valence-corrected chi connectivity index (χ3v) is 4.00. The molecule has 0 atom stereocenters. The summed E-state index contributed by atoms with van der Waals surface area (Å²) in [5, 5.41) is 7.44. The van der Waals surface area contributed by atoms with Crippen LogP contribution >= 0.6 is 0 Å². The quantitative estimate of drug-likeness (QED) is 0.264. The molecule has 1 nitrogen and oxygen atoms in total. The molecular weight excluding hydrogens is 232 g/mol. The normalized spacial score (nSPS) is 12.2. The van der Waals surface area contributed by atoms with Crippen LogP contribution in [-0.4, -0.2) is 0 Å². The van der Waals surface area contributed by atoms with Crippen molar-refractivity contribution in [2.45, 2.75) is 0 Å². The average Bonchev–Trinajstić information content (AvgIpc) is 2.85. The summed E-state index contributed by atoms with van der Waals surface area (Å²) in [5.74, 6) is 0. The fraction of sp³-hybridized carbons (Fsp3) is 0. The molecule has 0 aliphatic rings. The zero-order valence-corrected chi connectivity index (χ0v) is 10.2. The van der Waals surface area contributed by atoms with Crippen molar-refractivity contribution >= 4 is 43.5 Å². The van der Waals surface area contributed by atoms with Crippen molar-refractivity contribution in [2.24, 2.45) is 0 Å². The Morgan fingerprint density at radius 2 is 1.47 bits per heavy atom. The molecule has 0 aliphatic carbocycles. The molecule has 1 heterocycles. The molecule has 0 spiro atoms. The van der Waals surface area contributed by atoms with Crippen LogP contribution in [-0.2, 0) is 0 Å². The van der Waals surface area contributed by atoms with Crippen molar-refractivity contribution in [1.82, 2.24) is 0 Å². The summed E-state index contributed by atoms with van der Waals surface area (Å²) in [6.45, 7) is 0. The van der Waals surface area contributed by atoms with E-state index in [1.165, 1.54) is 32.3 Å². The van der Waals surface area contributed by atoms with E-state index in [1.54, 1.807) is 0 Å². The Kier molecular flexibility index (Phi) is 1.52. The van der Waals surface area contributed by atoms with E-state index in [2.05, 4.69) is 60.7 Å². The van der Waals surface area contributed by atoms with E-state index in [9.17, 15) is 0 Å². The highest BCUT2D eigenvalue weighted by Gasteiger charge is 2.14. The third-order valence-electron chi connectivity index (χ3n) is 4.00. The minimum absolute atomic E-state index is 0.981. The molecule has 19 heavy (non-hydrogen) atoms.